The zero-order valence-electron chi connectivity index (χ0n) is 32.5. The highest BCUT2D eigenvalue weighted by atomic mass is 15.1. The van der Waals surface area contributed by atoms with Crippen LogP contribution < -0.4 is 4.90 Å². The predicted molar refractivity (Wildman–Crippen MR) is 241 cm³/mol. The second kappa shape index (κ2) is 12.3. The summed E-state index contributed by atoms with van der Waals surface area (Å²) in [5.74, 6) is 4.68. The first-order chi connectivity index (χ1) is 28.7. The van der Waals surface area contributed by atoms with Crippen LogP contribution in [0.3, 0.4) is 0 Å². The van der Waals surface area contributed by atoms with Gasteiger partial charge in [0.2, 0.25) is 0 Å². The molecule has 58 heavy (non-hydrogen) atoms. The fourth-order valence-corrected chi connectivity index (χ4v) is 13.0. The Morgan fingerprint density at radius 3 is 1.76 bits per heavy atom. The van der Waals surface area contributed by atoms with Crippen LogP contribution in [0.25, 0.3) is 60.5 Å². The van der Waals surface area contributed by atoms with Gasteiger partial charge < -0.3 is 9.47 Å². The molecule has 2 heteroatoms. The van der Waals surface area contributed by atoms with E-state index < -0.39 is 0 Å². The van der Waals surface area contributed by atoms with Crippen molar-refractivity contribution >= 4 is 49.6 Å². The molecule has 3 unspecified atom stereocenters. The monoisotopic (exact) mass is 744 g/mol. The standard InChI is InChI=1S/C56H44N2/c1-2-14-44-36(12-1)13-11-18-45(44)37-24-28-42(29-25-37)57(53-23-10-6-19-49(53)56-34-40-32-39-33-41(35-56)55(56)54(39)40)43-30-26-38(27-31-43)46-15-3-7-20-50(46)58-51-21-8-4-16-47(51)48-17-5-9-22-52(48)58/h1-31,39-41,54-55H,32-35H2/t39-,40?,41?,54-,55?,56+/m0/s1. The van der Waals surface area contributed by atoms with Crippen molar-refractivity contribution in [3.8, 4) is 27.9 Å². The number of fused-ring (bicyclic) bond motifs is 4. The molecule has 4 aliphatic rings. The van der Waals surface area contributed by atoms with Crippen molar-refractivity contribution in [3.05, 3.63) is 194 Å². The van der Waals surface area contributed by atoms with Gasteiger partial charge in [0.1, 0.15) is 0 Å². The van der Waals surface area contributed by atoms with E-state index >= 15 is 0 Å². The second-order valence-electron chi connectivity index (χ2n) is 17.8. The normalized spacial score (nSPS) is 23.8. The largest absolute Gasteiger partial charge is 0.310 e. The van der Waals surface area contributed by atoms with Crippen LogP contribution in [0.5, 0.6) is 0 Å². The quantitative estimate of drug-likeness (QED) is 0.158. The van der Waals surface area contributed by atoms with Crippen molar-refractivity contribution in [2.45, 2.75) is 31.1 Å². The van der Waals surface area contributed by atoms with Crippen LogP contribution in [0, 0.1) is 29.6 Å². The third-order valence-corrected chi connectivity index (χ3v) is 15.2. The summed E-state index contributed by atoms with van der Waals surface area (Å²) in [6.07, 6.45) is 5.69. The van der Waals surface area contributed by atoms with Crippen LogP contribution in [-0.2, 0) is 5.41 Å². The molecular formula is C56H44N2. The van der Waals surface area contributed by atoms with Crippen LogP contribution >= 0.6 is 0 Å². The summed E-state index contributed by atoms with van der Waals surface area (Å²) in [6, 6.07) is 70.1. The highest BCUT2D eigenvalue weighted by Crippen LogP contribution is 2.79. The van der Waals surface area contributed by atoms with E-state index in [1.807, 2.05) is 0 Å². The minimum absolute atomic E-state index is 0.310. The Bertz CT molecular complexity index is 3000. The number of nitrogens with zero attached hydrogens (tertiary/aromatic N) is 2. The molecule has 13 rings (SSSR count). The molecule has 1 heterocycles. The highest BCUT2D eigenvalue weighted by molar-refractivity contribution is 6.09. The summed E-state index contributed by atoms with van der Waals surface area (Å²) < 4.78 is 2.45. The molecule has 9 aromatic rings. The van der Waals surface area contributed by atoms with Crippen LogP contribution in [-0.4, -0.2) is 4.57 Å². The number of rotatable bonds is 7. The van der Waals surface area contributed by atoms with Crippen molar-refractivity contribution in [2.75, 3.05) is 4.90 Å². The zero-order chi connectivity index (χ0) is 38.0. The lowest BCUT2D eigenvalue weighted by Crippen LogP contribution is -2.47. The number of para-hydroxylation sites is 4. The number of benzene rings is 8. The molecule has 8 aromatic carbocycles. The molecule has 0 bridgehead atoms. The van der Waals surface area contributed by atoms with E-state index in [0.29, 0.717) is 5.41 Å². The third kappa shape index (κ3) is 4.55. The predicted octanol–water partition coefficient (Wildman–Crippen LogP) is 14.7. The molecule has 1 aromatic heterocycles. The van der Waals surface area contributed by atoms with Gasteiger partial charge in [-0.2, -0.15) is 0 Å². The van der Waals surface area contributed by atoms with Gasteiger partial charge >= 0.3 is 0 Å². The SMILES string of the molecule is c1ccc(-n2c3ccccc3c3ccccc32)c(-c2ccc(N(c3ccc(-c4cccc5ccccc45)cc3)c3ccccc3[C@]34CC5C[C@@H]6CC(C3)[C@H]6C54)cc2)c1. The van der Waals surface area contributed by atoms with Gasteiger partial charge in [0.05, 0.1) is 16.7 Å². The number of aromatic nitrogens is 1. The Labute approximate surface area is 340 Å². The van der Waals surface area contributed by atoms with E-state index in [2.05, 4.69) is 198 Å². The van der Waals surface area contributed by atoms with E-state index in [1.54, 1.807) is 5.56 Å². The van der Waals surface area contributed by atoms with Gasteiger partial charge in [-0.1, -0.05) is 140 Å². The summed E-state index contributed by atoms with van der Waals surface area (Å²) in [5, 5.41) is 5.13. The van der Waals surface area contributed by atoms with E-state index in [1.165, 1.54) is 103 Å². The molecule has 0 spiro atoms. The lowest BCUT2D eigenvalue weighted by atomic mass is 9.53. The van der Waals surface area contributed by atoms with Crippen LogP contribution in [0.4, 0.5) is 17.1 Å². The van der Waals surface area contributed by atoms with Gasteiger partial charge in [0, 0.05) is 38.8 Å². The minimum atomic E-state index is 0.310. The fourth-order valence-electron chi connectivity index (χ4n) is 13.0. The topological polar surface area (TPSA) is 8.17 Å². The molecule has 0 amide bonds. The maximum absolute atomic E-state index is 2.57. The average Bonchev–Trinajstić information content (AvgIpc) is 3.80. The van der Waals surface area contributed by atoms with E-state index in [-0.39, 0.29) is 0 Å². The van der Waals surface area contributed by atoms with Gasteiger partial charge in [-0.15, -0.1) is 0 Å². The maximum atomic E-state index is 2.57. The van der Waals surface area contributed by atoms with Gasteiger partial charge in [-0.3, -0.25) is 0 Å². The first kappa shape index (κ1) is 32.7. The Hall–Kier alpha value is -6.38. The summed E-state index contributed by atoms with van der Waals surface area (Å²) in [7, 11) is 0. The van der Waals surface area contributed by atoms with Gasteiger partial charge in [0.25, 0.3) is 0 Å². The Balaban J connectivity index is 0.945. The molecule has 0 radical (unpaired) electrons. The third-order valence-electron chi connectivity index (χ3n) is 15.2. The molecule has 0 N–H and O–H groups in total. The second-order valence-corrected chi connectivity index (χ2v) is 17.8. The first-order valence-electron chi connectivity index (χ1n) is 21.4. The van der Waals surface area contributed by atoms with Crippen LogP contribution in [0.15, 0.2) is 188 Å². The highest BCUT2D eigenvalue weighted by Gasteiger charge is 2.73. The molecule has 0 aliphatic heterocycles. The number of hydrogen-bond acceptors (Lipinski definition) is 1. The minimum Gasteiger partial charge on any atom is -0.310 e. The van der Waals surface area contributed by atoms with Crippen molar-refractivity contribution in [2.24, 2.45) is 29.6 Å². The van der Waals surface area contributed by atoms with Gasteiger partial charge in [-0.25, -0.2) is 0 Å². The first-order valence-corrected chi connectivity index (χ1v) is 21.4. The Kier molecular flexibility index (Phi) is 6.94. The van der Waals surface area contributed by atoms with Crippen LogP contribution in [0.1, 0.15) is 31.2 Å². The van der Waals surface area contributed by atoms with Crippen molar-refractivity contribution in [1.29, 1.82) is 0 Å². The maximum Gasteiger partial charge on any atom is 0.0541 e. The number of anilines is 3. The molecule has 278 valence electrons. The van der Waals surface area contributed by atoms with E-state index in [9.17, 15) is 0 Å². The molecule has 0 saturated heterocycles. The molecule has 4 fully saturated rings. The Morgan fingerprint density at radius 1 is 0.448 bits per heavy atom. The number of hydrogen-bond donors (Lipinski definition) is 0. The molecule has 2 nitrogen and oxygen atoms in total. The molecule has 4 aliphatic carbocycles. The van der Waals surface area contributed by atoms with Crippen molar-refractivity contribution in [3.63, 3.8) is 0 Å². The summed E-state index contributed by atoms with van der Waals surface area (Å²) in [5.41, 5.74) is 14.3. The van der Waals surface area contributed by atoms with E-state index in [4.69, 9.17) is 0 Å². The molecule has 4 saturated carbocycles. The van der Waals surface area contributed by atoms with Crippen LogP contribution in [0.2, 0.25) is 0 Å². The molecule has 6 atom stereocenters. The lowest BCUT2D eigenvalue weighted by molar-refractivity contribution is 0.0688. The zero-order valence-corrected chi connectivity index (χ0v) is 32.5. The fraction of sp³-hybridized carbons (Fsp3) is 0.179. The van der Waals surface area contributed by atoms with E-state index in [0.717, 1.165) is 29.6 Å². The smallest absolute Gasteiger partial charge is 0.0541 e. The Morgan fingerprint density at radius 2 is 1.00 bits per heavy atom. The summed E-state index contributed by atoms with van der Waals surface area (Å²) >= 11 is 0. The van der Waals surface area contributed by atoms with Gasteiger partial charge in [0.15, 0.2) is 0 Å². The lowest BCUT2D eigenvalue weighted by Gasteiger charge is -2.52. The summed E-state index contributed by atoms with van der Waals surface area (Å²) in [4.78, 5) is 2.57. The van der Waals surface area contributed by atoms with Crippen molar-refractivity contribution < 1.29 is 0 Å². The van der Waals surface area contributed by atoms with Crippen molar-refractivity contribution in [1.82, 2.24) is 4.57 Å². The molecular weight excluding hydrogens is 701 g/mol. The average molecular weight is 745 g/mol. The van der Waals surface area contributed by atoms with Gasteiger partial charge in [-0.05, 0) is 137 Å². The summed E-state index contributed by atoms with van der Waals surface area (Å²) in [6.45, 7) is 0.